The molecule has 158 valence electrons. The highest BCUT2D eigenvalue weighted by Gasteiger charge is 2.11. The minimum atomic E-state index is -3.50. The van der Waals surface area contributed by atoms with Gasteiger partial charge in [0.25, 0.3) is 0 Å². The van der Waals surface area contributed by atoms with Gasteiger partial charge in [-0.1, -0.05) is 18.2 Å². The molecule has 0 amide bonds. The van der Waals surface area contributed by atoms with Gasteiger partial charge in [-0.05, 0) is 50.7 Å². The number of aliphatic imine (C=N–C) groups is 1. The number of guanidine groups is 1. The third-order valence-electron chi connectivity index (χ3n) is 3.93. The summed E-state index contributed by atoms with van der Waals surface area (Å²) in [5, 5.41) is 6.30. The van der Waals surface area contributed by atoms with E-state index in [9.17, 15) is 12.8 Å². The Morgan fingerprint density at radius 2 is 1.93 bits per heavy atom. The Morgan fingerprint density at radius 3 is 2.62 bits per heavy atom. The number of ether oxygens (including phenoxy) is 1. The summed E-state index contributed by atoms with van der Waals surface area (Å²) in [5.74, 6) is 0.688. The van der Waals surface area contributed by atoms with E-state index in [2.05, 4.69) is 20.3 Å². The van der Waals surface area contributed by atoms with Crippen molar-refractivity contribution in [3.8, 4) is 5.75 Å². The van der Waals surface area contributed by atoms with Gasteiger partial charge in [0.1, 0.15) is 17.7 Å². The van der Waals surface area contributed by atoms with Crippen LogP contribution in [0.5, 0.6) is 5.75 Å². The monoisotopic (exact) mass is 422 g/mol. The highest BCUT2D eigenvalue weighted by Crippen LogP contribution is 2.14. The van der Waals surface area contributed by atoms with Gasteiger partial charge in [-0.3, -0.25) is 0 Å². The van der Waals surface area contributed by atoms with Gasteiger partial charge in [-0.25, -0.2) is 22.5 Å². The van der Waals surface area contributed by atoms with Crippen LogP contribution in [0.3, 0.4) is 0 Å². The minimum absolute atomic E-state index is 0.197. The summed E-state index contributed by atoms with van der Waals surface area (Å²) in [7, 11) is -2.12. The van der Waals surface area contributed by atoms with E-state index in [-0.39, 0.29) is 16.8 Å². The largest absolute Gasteiger partial charge is 0.489 e. The zero-order valence-corrected chi connectivity index (χ0v) is 17.6. The number of nitrogens with one attached hydrogen (secondary N) is 3. The molecule has 0 aliphatic carbocycles. The lowest BCUT2D eigenvalue weighted by Gasteiger charge is -2.17. The molecule has 0 saturated carbocycles. The van der Waals surface area contributed by atoms with Crippen LogP contribution in [0.1, 0.15) is 19.4 Å². The molecule has 1 atom stereocenters. The van der Waals surface area contributed by atoms with Crippen molar-refractivity contribution in [3.63, 3.8) is 0 Å². The molecule has 0 aliphatic heterocycles. The van der Waals surface area contributed by atoms with Crippen LogP contribution in [0.25, 0.3) is 0 Å². The van der Waals surface area contributed by atoms with E-state index in [1.807, 2.05) is 19.9 Å². The molecule has 2 rings (SSSR count). The molecular weight excluding hydrogens is 395 g/mol. The molecular formula is C20H27FN4O3S. The molecule has 9 heteroatoms. The Morgan fingerprint density at radius 1 is 1.17 bits per heavy atom. The summed E-state index contributed by atoms with van der Waals surface area (Å²) in [6.45, 7) is 5.24. The van der Waals surface area contributed by atoms with Crippen LogP contribution >= 0.6 is 0 Å². The summed E-state index contributed by atoms with van der Waals surface area (Å²) < 4.78 is 45.1. The molecule has 0 heterocycles. The van der Waals surface area contributed by atoms with Gasteiger partial charge in [-0.2, -0.15) is 0 Å². The Balaban J connectivity index is 1.98. The first-order valence-corrected chi connectivity index (χ1v) is 10.8. The highest BCUT2D eigenvalue weighted by molar-refractivity contribution is 7.89. The molecule has 0 radical (unpaired) electrons. The van der Waals surface area contributed by atoms with Crippen molar-refractivity contribution in [2.45, 2.75) is 31.4 Å². The fourth-order valence-corrected chi connectivity index (χ4v) is 3.30. The second-order valence-electron chi connectivity index (χ2n) is 6.32. The Kier molecular flexibility index (Phi) is 8.41. The first-order chi connectivity index (χ1) is 13.8. The molecule has 0 bridgehead atoms. The zero-order valence-electron chi connectivity index (χ0n) is 16.8. The fourth-order valence-electron chi connectivity index (χ4n) is 2.50. The Bertz CT molecular complexity index is 935. The van der Waals surface area contributed by atoms with Crippen LogP contribution in [-0.4, -0.2) is 40.6 Å². The predicted octanol–water partition coefficient (Wildman–Crippen LogP) is 2.26. The zero-order chi connectivity index (χ0) is 21.3. The second kappa shape index (κ2) is 10.8. The Labute approximate surface area is 171 Å². The van der Waals surface area contributed by atoms with Gasteiger partial charge >= 0.3 is 0 Å². The van der Waals surface area contributed by atoms with Crippen LogP contribution in [-0.2, 0) is 16.6 Å². The summed E-state index contributed by atoms with van der Waals surface area (Å²) >= 11 is 0. The molecule has 1 unspecified atom stereocenters. The van der Waals surface area contributed by atoms with Gasteiger partial charge in [0.05, 0.1) is 18.0 Å². The normalized spacial score (nSPS) is 13.0. The number of benzene rings is 2. The average molecular weight is 423 g/mol. The van der Waals surface area contributed by atoms with Crippen molar-refractivity contribution < 1.29 is 17.5 Å². The van der Waals surface area contributed by atoms with E-state index < -0.39 is 10.0 Å². The lowest BCUT2D eigenvalue weighted by atomic mass is 10.2. The summed E-state index contributed by atoms with van der Waals surface area (Å²) in [6, 6.07) is 12.6. The minimum Gasteiger partial charge on any atom is -0.489 e. The number of rotatable bonds is 9. The van der Waals surface area contributed by atoms with E-state index >= 15 is 0 Å². The van der Waals surface area contributed by atoms with Crippen molar-refractivity contribution >= 4 is 16.0 Å². The van der Waals surface area contributed by atoms with Gasteiger partial charge < -0.3 is 15.4 Å². The molecule has 0 aliphatic rings. The lowest BCUT2D eigenvalue weighted by molar-refractivity contribution is 0.223. The maximum atomic E-state index is 13.3. The number of hydrogen-bond donors (Lipinski definition) is 3. The van der Waals surface area contributed by atoms with Crippen LogP contribution in [0.15, 0.2) is 58.4 Å². The van der Waals surface area contributed by atoms with Crippen LogP contribution < -0.4 is 20.1 Å². The molecule has 0 fully saturated rings. The van der Waals surface area contributed by atoms with Crippen LogP contribution in [0.4, 0.5) is 4.39 Å². The van der Waals surface area contributed by atoms with Crippen molar-refractivity contribution in [1.29, 1.82) is 0 Å². The molecule has 7 nitrogen and oxygen atoms in total. The number of hydrogen-bond acceptors (Lipinski definition) is 4. The number of sulfonamides is 1. The van der Waals surface area contributed by atoms with E-state index in [0.29, 0.717) is 31.3 Å². The van der Waals surface area contributed by atoms with Crippen LogP contribution in [0, 0.1) is 5.82 Å². The second-order valence-corrected chi connectivity index (χ2v) is 8.20. The summed E-state index contributed by atoms with van der Waals surface area (Å²) in [5.41, 5.74) is 0.766. The van der Waals surface area contributed by atoms with E-state index in [1.54, 1.807) is 24.3 Å². The van der Waals surface area contributed by atoms with Crippen molar-refractivity contribution in [2.75, 3.05) is 20.1 Å². The van der Waals surface area contributed by atoms with Gasteiger partial charge in [0, 0.05) is 12.6 Å². The van der Waals surface area contributed by atoms with Gasteiger partial charge in [-0.15, -0.1) is 0 Å². The molecule has 3 N–H and O–H groups in total. The maximum Gasteiger partial charge on any atom is 0.240 e. The molecule has 29 heavy (non-hydrogen) atoms. The first kappa shape index (κ1) is 22.6. The van der Waals surface area contributed by atoms with Crippen molar-refractivity contribution in [1.82, 2.24) is 15.4 Å². The molecule has 2 aromatic carbocycles. The standard InChI is InChI=1S/C20H27FN4O3S/c1-4-23-20(24-13-15(2)28-18-9-6-8-17(21)12-18)25-14-16-7-5-10-19(11-16)29(26,27)22-3/h5-12,15,22H,4,13-14H2,1-3H3,(H2,23,24,25). The van der Waals surface area contributed by atoms with Gasteiger partial charge in [0.15, 0.2) is 5.96 Å². The van der Waals surface area contributed by atoms with Crippen LogP contribution in [0.2, 0.25) is 0 Å². The molecule has 0 spiro atoms. The molecule has 0 saturated heterocycles. The summed E-state index contributed by atoms with van der Waals surface area (Å²) in [6.07, 6.45) is -0.218. The molecule has 0 aromatic heterocycles. The van der Waals surface area contributed by atoms with E-state index in [1.165, 1.54) is 25.2 Å². The van der Waals surface area contributed by atoms with E-state index in [4.69, 9.17) is 4.74 Å². The number of nitrogens with zero attached hydrogens (tertiary/aromatic N) is 1. The number of halogens is 1. The maximum absolute atomic E-state index is 13.3. The van der Waals surface area contributed by atoms with Gasteiger partial charge in [0.2, 0.25) is 10.0 Å². The highest BCUT2D eigenvalue weighted by atomic mass is 32.2. The van der Waals surface area contributed by atoms with Crippen molar-refractivity contribution in [3.05, 3.63) is 59.9 Å². The SMILES string of the molecule is CCNC(=NCc1cccc(S(=O)(=O)NC)c1)NCC(C)Oc1cccc(F)c1. The van der Waals surface area contributed by atoms with Crippen molar-refractivity contribution in [2.24, 2.45) is 4.99 Å². The predicted molar refractivity (Wildman–Crippen MR) is 112 cm³/mol. The average Bonchev–Trinajstić information content (AvgIpc) is 2.70. The van der Waals surface area contributed by atoms with E-state index in [0.717, 1.165) is 5.56 Å². The quantitative estimate of drug-likeness (QED) is 0.426. The fraction of sp³-hybridized carbons (Fsp3) is 0.350. The first-order valence-electron chi connectivity index (χ1n) is 9.31. The third-order valence-corrected chi connectivity index (χ3v) is 5.34. The smallest absolute Gasteiger partial charge is 0.240 e. The summed E-state index contributed by atoms with van der Waals surface area (Å²) in [4.78, 5) is 4.69. The topological polar surface area (TPSA) is 91.8 Å². The Hall–Kier alpha value is -2.65. The third kappa shape index (κ3) is 7.35. The molecule has 2 aromatic rings. The lowest BCUT2D eigenvalue weighted by Crippen LogP contribution is -2.41.